The Morgan fingerprint density at radius 2 is 1.81 bits per heavy atom. The van der Waals surface area contributed by atoms with Gasteiger partial charge in [-0.15, -0.1) is 0 Å². The van der Waals surface area contributed by atoms with E-state index in [4.69, 9.17) is 9.90 Å². The van der Waals surface area contributed by atoms with Crippen LogP contribution in [0.2, 0.25) is 0 Å². The number of amides is 2. The third-order valence-electron chi connectivity index (χ3n) is 5.99. The fourth-order valence-corrected chi connectivity index (χ4v) is 4.24. The number of carboxylic acid groups (broad SMARTS) is 1. The summed E-state index contributed by atoms with van der Waals surface area (Å²) in [5, 5.41) is 11.4. The highest BCUT2D eigenvalue weighted by Gasteiger charge is 2.38. The summed E-state index contributed by atoms with van der Waals surface area (Å²) in [5.41, 5.74) is 3.47. The highest BCUT2D eigenvalue weighted by molar-refractivity contribution is 5.80. The van der Waals surface area contributed by atoms with Crippen LogP contribution in [-0.2, 0) is 24.7 Å². The van der Waals surface area contributed by atoms with E-state index in [-0.39, 0.29) is 12.1 Å². The number of nitrogens with zero attached hydrogens (tertiary/aromatic N) is 4. The molecule has 3 heterocycles. The lowest BCUT2D eigenvalue weighted by molar-refractivity contribution is -0.192. The molecule has 11 heteroatoms. The Balaban J connectivity index is 0.000000454. The first-order valence-electron chi connectivity index (χ1n) is 11.5. The van der Waals surface area contributed by atoms with Gasteiger partial charge in [-0.3, -0.25) is 0 Å². The first-order chi connectivity index (χ1) is 17.1. The number of carbonyl (C=O) groups is 2. The lowest BCUT2D eigenvalue weighted by Gasteiger charge is -2.40. The molecule has 194 valence electrons. The molecule has 1 aliphatic heterocycles. The van der Waals surface area contributed by atoms with Crippen LogP contribution in [-0.4, -0.2) is 81.9 Å². The SMILES string of the molecule is CN1CCN(C(=O)NCCc2cn(C)c3ncccc23)C(Cc2ccccc2)C1.O=C(O)C(F)(F)F. The molecule has 0 radical (unpaired) electrons. The van der Waals surface area contributed by atoms with Gasteiger partial charge in [0.25, 0.3) is 0 Å². The average molecular weight is 506 g/mol. The zero-order valence-electron chi connectivity index (χ0n) is 20.2. The number of nitrogens with one attached hydrogen (secondary N) is 1. The van der Waals surface area contributed by atoms with E-state index in [0.29, 0.717) is 6.54 Å². The topological polar surface area (TPSA) is 90.7 Å². The highest BCUT2D eigenvalue weighted by atomic mass is 19.4. The molecule has 36 heavy (non-hydrogen) atoms. The first-order valence-corrected chi connectivity index (χ1v) is 11.5. The van der Waals surface area contributed by atoms with Crippen molar-refractivity contribution in [1.29, 1.82) is 0 Å². The maximum atomic E-state index is 12.9. The lowest BCUT2D eigenvalue weighted by Crippen LogP contribution is -2.57. The summed E-state index contributed by atoms with van der Waals surface area (Å²) in [4.78, 5) is 30.6. The molecule has 3 aromatic rings. The van der Waals surface area contributed by atoms with Crippen molar-refractivity contribution in [3.05, 3.63) is 66.0 Å². The summed E-state index contributed by atoms with van der Waals surface area (Å²) in [6.45, 7) is 3.19. The number of fused-ring (bicyclic) bond motifs is 1. The lowest BCUT2D eigenvalue weighted by atomic mass is 10.0. The summed E-state index contributed by atoms with van der Waals surface area (Å²) in [6, 6.07) is 14.7. The number of pyridine rings is 1. The summed E-state index contributed by atoms with van der Waals surface area (Å²) >= 11 is 0. The van der Waals surface area contributed by atoms with E-state index in [1.54, 1.807) is 0 Å². The standard InChI is InChI=1S/C23H29N5O.C2HF3O2/c1-26-13-14-28(20(17-26)15-18-7-4-3-5-8-18)23(29)25-12-10-19-16-27(2)22-21(19)9-6-11-24-22;3-2(4,5)1(6)7/h3-9,11,16,20H,10,12-15,17H2,1-2H3,(H,25,29);(H,6,7). The van der Waals surface area contributed by atoms with Gasteiger partial charge in [0.2, 0.25) is 0 Å². The highest BCUT2D eigenvalue weighted by Crippen LogP contribution is 2.19. The van der Waals surface area contributed by atoms with Crippen LogP contribution in [0.5, 0.6) is 0 Å². The number of benzene rings is 1. The largest absolute Gasteiger partial charge is 0.490 e. The van der Waals surface area contributed by atoms with E-state index >= 15 is 0 Å². The normalized spacial score (nSPS) is 16.4. The number of aryl methyl sites for hydroxylation is 1. The van der Waals surface area contributed by atoms with E-state index in [1.807, 2.05) is 34.8 Å². The van der Waals surface area contributed by atoms with Crippen LogP contribution in [0, 0.1) is 0 Å². The van der Waals surface area contributed by atoms with E-state index < -0.39 is 12.1 Å². The van der Waals surface area contributed by atoms with E-state index in [9.17, 15) is 18.0 Å². The predicted molar refractivity (Wildman–Crippen MR) is 130 cm³/mol. The second-order valence-corrected chi connectivity index (χ2v) is 8.72. The number of carbonyl (C=O) groups excluding carboxylic acids is 1. The molecule has 2 amide bonds. The van der Waals surface area contributed by atoms with Crippen molar-refractivity contribution in [3.63, 3.8) is 0 Å². The maximum Gasteiger partial charge on any atom is 0.490 e. The van der Waals surface area contributed by atoms with Crippen LogP contribution in [0.1, 0.15) is 11.1 Å². The van der Waals surface area contributed by atoms with Gasteiger partial charge in [0, 0.05) is 51.0 Å². The van der Waals surface area contributed by atoms with Crippen LogP contribution in [0.4, 0.5) is 18.0 Å². The van der Waals surface area contributed by atoms with Crippen LogP contribution < -0.4 is 5.32 Å². The summed E-state index contributed by atoms with van der Waals surface area (Å²) in [5.74, 6) is -2.76. The quantitative estimate of drug-likeness (QED) is 0.555. The Hall–Kier alpha value is -3.60. The number of halogens is 3. The van der Waals surface area contributed by atoms with Gasteiger partial charge in [-0.05, 0) is 43.1 Å². The second kappa shape index (κ2) is 11.9. The zero-order valence-corrected chi connectivity index (χ0v) is 20.2. The van der Waals surface area contributed by atoms with Gasteiger partial charge in [-0.2, -0.15) is 13.2 Å². The Morgan fingerprint density at radius 1 is 1.11 bits per heavy atom. The van der Waals surface area contributed by atoms with E-state index in [0.717, 1.165) is 43.5 Å². The van der Waals surface area contributed by atoms with E-state index in [2.05, 4.69) is 58.8 Å². The van der Waals surface area contributed by atoms with Gasteiger partial charge in [-0.25, -0.2) is 14.6 Å². The third-order valence-corrected chi connectivity index (χ3v) is 5.99. The molecule has 1 aromatic carbocycles. The molecule has 2 N–H and O–H groups in total. The van der Waals surface area contributed by atoms with Crippen molar-refractivity contribution >= 4 is 23.0 Å². The molecule has 1 unspecified atom stereocenters. The average Bonchev–Trinajstić information content (AvgIpc) is 3.15. The Bertz CT molecular complexity index is 1170. The van der Waals surface area contributed by atoms with Gasteiger partial charge in [0.15, 0.2) is 0 Å². The van der Waals surface area contributed by atoms with Gasteiger partial charge in [-0.1, -0.05) is 30.3 Å². The van der Waals surface area contributed by atoms with Gasteiger partial charge in [0.1, 0.15) is 5.65 Å². The molecule has 0 bridgehead atoms. The molecule has 2 aromatic heterocycles. The number of hydrogen-bond donors (Lipinski definition) is 2. The molecule has 1 fully saturated rings. The van der Waals surface area contributed by atoms with Crippen molar-refractivity contribution in [1.82, 2.24) is 24.7 Å². The molecule has 4 rings (SSSR count). The van der Waals surface area contributed by atoms with Gasteiger partial charge >= 0.3 is 18.2 Å². The minimum Gasteiger partial charge on any atom is -0.475 e. The van der Waals surface area contributed by atoms with Gasteiger partial charge < -0.3 is 24.8 Å². The zero-order chi connectivity index (χ0) is 26.3. The molecular weight excluding hydrogens is 475 g/mol. The first kappa shape index (κ1) is 27.0. The fraction of sp³-hybridized carbons (Fsp3) is 0.400. The van der Waals surface area contributed by atoms with E-state index in [1.165, 1.54) is 11.1 Å². The van der Waals surface area contributed by atoms with Crippen molar-refractivity contribution in [2.45, 2.75) is 25.1 Å². The molecular formula is C25H30F3N5O3. The van der Waals surface area contributed by atoms with Crippen LogP contribution >= 0.6 is 0 Å². The van der Waals surface area contributed by atoms with Crippen molar-refractivity contribution in [2.24, 2.45) is 7.05 Å². The summed E-state index contributed by atoms with van der Waals surface area (Å²) in [6.07, 6.45) is 0.519. The molecule has 1 aliphatic rings. The minimum atomic E-state index is -5.08. The fourth-order valence-electron chi connectivity index (χ4n) is 4.24. The molecule has 1 atom stereocenters. The maximum absolute atomic E-state index is 12.9. The van der Waals surface area contributed by atoms with Gasteiger partial charge in [0.05, 0.1) is 6.04 Å². The third kappa shape index (κ3) is 7.20. The monoisotopic (exact) mass is 505 g/mol. The molecule has 0 aliphatic carbocycles. The Labute approximate surface area is 207 Å². The summed E-state index contributed by atoms with van der Waals surface area (Å²) < 4.78 is 33.8. The number of rotatable bonds is 5. The van der Waals surface area contributed by atoms with Crippen LogP contribution in [0.25, 0.3) is 11.0 Å². The number of alkyl halides is 3. The van der Waals surface area contributed by atoms with Crippen molar-refractivity contribution < 1.29 is 27.9 Å². The predicted octanol–water partition coefficient (Wildman–Crippen LogP) is 3.32. The number of piperazine rings is 1. The second-order valence-electron chi connectivity index (χ2n) is 8.72. The van der Waals surface area contributed by atoms with Crippen molar-refractivity contribution in [3.8, 4) is 0 Å². The smallest absolute Gasteiger partial charge is 0.475 e. The number of urea groups is 1. The molecule has 8 nitrogen and oxygen atoms in total. The van der Waals surface area contributed by atoms with Crippen molar-refractivity contribution in [2.75, 3.05) is 33.2 Å². The number of aromatic nitrogens is 2. The molecule has 0 spiro atoms. The summed E-state index contributed by atoms with van der Waals surface area (Å²) in [7, 11) is 4.14. The number of likely N-dealkylation sites (N-methyl/N-ethyl adjacent to an activating group) is 1. The Morgan fingerprint density at radius 3 is 2.47 bits per heavy atom. The van der Waals surface area contributed by atoms with Crippen LogP contribution in [0.15, 0.2) is 54.9 Å². The number of carboxylic acids is 1. The molecule has 0 saturated carbocycles. The van der Waals surface area contributed by atoms with Crippen LogP contribution in [0.3, 0.4) is 0 Å². The minimum absolute atomic E-state index is 0.0393. The number of hydrogen-bond acceptors (Lipinski definition) is 4. The Kier molecular flexibility index (Phi) is 8.92. The number of aliphatic carboxylic acids is 1. The molecule has 1 saturated heterocycles.